The Morgan fingerprint density at radius 1 is 1.13 bits per heavy atom. The van der Waals surface area contributed by atoms with Crippen molar-refractivity contribution in [3.05, 3.63) is 64.8 Å². The van der Waals surface area contributed by atoms with Crippen molar-refractivity contribution in [2.45, 2.75) is 18.4 Å². The van der Waals surface area contributed by atoms with Crippen LogP contribution < -0.4 is 14.8 Å². The lowest BCUT2D eigenvalue weighted by Crippen LogP contribution is -2.22. The molecule has 2 aromatic carbocycles. The number of sulfone groups is 1. The second-order valence-corrected chi connectivity index (χ2v) is 9.44. The van der Waals surface area contributed by atoms with E-state index >= 15 is 0 Å². The van der Waals surface area contributed by atoms with Gasteiger partial charge in [0.1, 0.15) is 17.3 Å². The Morgan fingerprint density at radius 2 is 1.84 bits per heavy atom. The van der Waals surface area contributed by atoms with Crippen LogP contribution in [0.1, 0.15) is 18.2 Å². The zero-order valence-corrected chi connectivity index (χ0v) is 18.2. The molecule has 8 nitrogen and oxygen atoms in total. The average molecular weight is 462 g/mol. The van der Waals surface area contributed by atoms with Gasteiger partial charge in [-0.05, 0) is 49.4 Å². The second-order valence-electron chi connectivity index (χ2n) is 6.94. The molecule has 1 aromatic heterocycles. The molecule has 0 atom stereocenters. The molecule has 31 heavy (non-hydrogen) atoms. The molecule has 0 spiro atoms. The number of carbonyl (C=O) groups excluding carboxylic acids is 1. The number of benzene rings is 2. The highest BCUT2D eigenvalue weighted by molar-refractivity contribution is 7.90. The second kappa shape index (κ2) is 8.60. The normalized spacial score (nSPS) is 14.1. The predicted molar refractivity (Wildman–Crippen MR) is 117 cm³/mol. The van der Waals surface area contributed by atoms with Crippen LogP contribution >= 0.6 is 11.6 Å². The number of hydrogen-bond acceptors (Lipinski definition) is 6. The maximum absolute atomic E-state index is 12.6. The molecule has 0 unspecified atom stereocenters. The number of ether oxygens (including phenoxy) is 2. The molecule has 0 aliphatic carbocycles. The lowest BCUT2D eigenvalue weighted by Gasteiger charge is -2.12. The highest BCUT2D eigenvalue weighted by atomic mass is 35.5. The van der Waals surface area contributed by atoms with Gasteiger partial charge in [0.05, 0.1) is 29.5 Å². The largest absolute Gasteiger partial charge is 0.494 e. The molecule has 162 valence electrons. The fraction of sp³-hybridized carbons (Fsp3) is 0.238. The van der Waals surface area contributed by atoms with Gasteiger partial charge < -0.3 is 14.8 Å². The quantitative estimate of drug-likeness (QED) is 0.579. The number of hydrogen-bond donors (Lipinski definition) is 1. The summed E-state index contributed by atoms with van der Waals surface area (Å²) in [5.74, 6) is 0.735. The standard InChI is InChI=1S/C21H20ClN3O5S/c1-2-29-16-6-8-17(9-7-16)30-11-20(26)23-21-18-12-31(27,28)13-19(18)24-25(21)15-5-3-4-14(22)10-15/h3-10H,2,11-13H2,1H3,(H,23,26). The first kappa shape index (κ1) is 21.2. The summed E-state index contributed by atoms with van der Waals surface area (Å²) in [5, 5.41) is 7.66. The van der Waals surface area contributed by atoms with E-state index in [1.54, 1.807) is 48.5 Å². The van der Waals surface area contributed by atoms with Crippen LogP contribution in [0, 0.1) is 0 Å². The minimum Gasteiger partial charge on any atom is -0.494 e. The number of rotatable bonds is 7. The van der Waals surface area contributed by atoms with Gasteiger partial charge in [0.25, 0.3) is 5.91 Å². The zero-order chi connectivity index (χ0) is 22.0. The minimum absolute atomic E-state index is 0.165. The Bertz CT molecular complexity index is 1220. The molecule has 1 aliphatic heterocycles. The highest BCUT2D eigenvalue weighted by Crippen LogP contribution is 2.33. The fourth-order valence-corrected chi connectivity index (χ4v) is 4.96. The van der Waals surface area contributed by atoms with Crippen LogP contribution in [-0.4, -0.2) is 37.3 Å². The molecule has 0 saturated carbocycles. The third kappa shape index (κ3) is 4.83. The first-order valence-electron chi connectivity index (χ1n) is 9.57. The molecule has 0 bridgehead atoms. The van der Waals surface area contributed by atoms with Crippen molar-refractivity contribution in [3.8, 4) is 17.2 Å². The molecular weight excluding hydrogens is 442 g/mol. The van der Waals surface area contributed by atoms with E-state index in [9.17, 15) is 13.2 Å². The number of nitrogens with one attached hydrogen (secondary N) is 1. The summed E-state index contributed by atoms with van der Waals surface area (Å²) in [6.45, 7) is 2.20. The molecule has 3 aromatic rings. The van der Waals surface area contributed by atoms with Gasteiger partial charge in [-0.15, -0.1) is 0 Å². The molecule has 4 rings (SSSR count). The van der Waals surface area contributed by atoms with Gasteiger partial charge >= 0.3 is 0 Å². The molecular formula is C21H20ClN3O5S. The lowest BCUT2D eigenvalue weighted by molar-refractivity contribution is -0.118. The number of fused-ring (bicyclic) bond motifs is 1. The van der Waals surface area contributed by atoms with Gasteiger partial charge in [-0.3, -0.25) is 4.79 Å². The van der Waals surface area contributed by atoms with Crippen molar-refractivity contribution in [1.82, 2.24) is 9.78 Å². The van der Waals surface area contributed by atoms with Gasteiger partial charge in [-0.1, -0.05) is 17.7 Å². The van der Waals surface area contributed by atoms with Crippen molar-refractivity contribution in [2.75, 3.05) is 18.5 Å². The summed E-state index contributed by atoms with van der Waals surface area (Å²) in [4.78, 5) is 12.6. The molecule has 0 fully saturated rings. The summed E-state index contributed by atoms with van der Waals surface area (Å²) >= 11 is 6.09. The van der Waals surface area contributed by atoms with Crippen LogP contribution in [0.2, 0.25) is 5.02 Å². The first-order valence-corrected chi connectivity index (χ1v) is 11.8. The zero-order valence-electron chi connectivity index (χ0n) is 16.7. The maximum Gasteiger partial charge on any atom is 0.263 e. The van der Waals surface area contributed by atoms with Crippen molar-refractivity contribution in [2.24, 2.45) is 0 Å². The van der Waals surface area contributed by atoms with Gasteiger partial charge in [0.2, 0.25) is 0 Å². The summed E-state index contributed by atoms with van der Waals surface area (Å²) < 4.78 is 36.5. The van der Waals surface area contributed by atoms with Crippen molar-refractivity contribution in [1.29, 1.82) is 0 Å². The fourth-order valence-electron chi connectivity index (χ4n) is 3.28. The van der Waals surface area contributed by atoms with Crippen LogP contribution in [0.5, 0.6) is 11.5 Å². The van der Waals surface area contributed by atoms with E-state index in [0.717, 1.165) is 0 Å². The van der Waals surface area contributed by atoms with Crippen LogP contribution in [0.4, 0.5) is 5.82 Å². The van der Waals surface area contributed by atoms with Crippen molar-refractivity contribution in [3.63, 3.8) is 0 Å². The number of carbonyl (C=O) groups is 1. The van der Waals surface area contributed by atoms with E-state index in [-0.39, 0.29) is 18.1 Å². The first-order chi connectivity index (χ1) is 14.8. The van der Waals surface area contributed by atoms with E-state index in [0.29, 0.717) is 45.9 Å². The van der Waals surface area contributed by atoms with Crippen LogP contribution in [0.3, 0.4) is 0 Å². The smallest absolute Gasteiger partial charge is 0.263 e. The Morgan fingerprint density at radius 3 is 2.52 bits per heavy atom. The molecule has 1 amide bonds. The van der Waals surface area contributed by atoms with Gasteiger partial charge in [0, 0.05) is 10.6 Å². The van der Waals surface area contributed by atoms with E-state index in [1.165, 1.54) is 4.68 Å². The third-order valence-corrected chi connectivity index (χ3v) is 6.28. The van der Waals surface area contributed by atoms with E-state index in [4.69, 9.17) is 21.1 Å². The summed E-state index contributed by atoms with van der Waals surface area (Å²) in [6.07, 6.45) is 0. The minimum atomic E-state index is -3.29. The molecule has 1 aliphatic rings. The molecule has 2 heterocycles. The maximum atomic E-state index is 12.6. The van der Waals surface area contributed by atoms with Crippen LogP contribution in [0.25, 0.3) is 5.69 Å². The molecule has 0 saturated heterocycles. The molecule has 0 radical (unpaired) electrons. The average Bonchev–Trinajstić information content (AvgIpc) is 3.20. The van der Waals surface area contributed by atoms with E-state index < -0.39 is 15.7 Å². The summed E-state index contributed by atoms with van der Waals surface area (Å²) in [7, 11) is -3.29. The number of halogens is 1. The van der Waals surface area contributed by atoms with Crippen molar-refractivity contribution < 1.29 is 22.7 Å². The third-order valence-electron chi connectivity index (χ3n) is 4.60. The number of amides is 1. The Balaban J connectivity index is 1.53. The van der Waals surface area contributed by atoms with Crippen LogP contribution in [0.15, 0.2) is 48.5 Å². The Labute approximate surface area is 184 Å². The van der Waals surface area contributed by atoms with Crippen molar-refractivity contribution >= 4 is 33.2 Å². The Hall–Kier alpha value is -3.04. The summed E-state index contributed by atoms with van der Waals surface area (Å²) in [6, 6.07) is 13.8. The molecule has 10 heteroatoms. The Kier molecular flexibility index (Phi) is 5.88. The lowest BCUT2D eigenvalue weighted by atomic mass is 10.2. The number of anilines is 1. The molecule has 1 N–H and O–H groups in total. The number of aromatic nitrogens is 2. The van der Waals surface area contributed by atoms with Crippen LogP contribution in [-0.2, 0) is 26.1 Å². The summed E-state index contributed by atoms with van der Waals surface area (Å²) in [5.41, 5.74) is 1.51. The SMILES string of the molecule is CCOc1ccc(OCC(=O)Nc2c3c(nn2-c2cccc(Cl)c2)CS(=O)(=O)C3)cc1. The topological polar surface area (TPSA) is 99.5 Å². The highest BCUT2D eigenvalue weighted by Gasteiger charge is 2.33. The predicted octanol–water partition coefficient (Wildman–Crippen LogP) is 3.37. The van der Waals surface area contributed by atoms with E-state index in [2.05, 4.69) is 10.4 Å². The van der Waals surface area contributed by atoms with Gasteiger partial charge in [-0.2, -0.15) is 5.10 Å². The van der Waals surface area contributed by atoms with Gasteiger partial charge in [-0.25, -0.2) is 13.1 Å². The number of nitrogens with zero attached hydrogens (tertiary/aromatic N) is 2. The monoisotopic (exact) mass is 461 g/mol. The van der Waals surface area contributed by atoms with Gasteiger partial charge in [0.15, 0.2) is 16.4 Å². The van der Waals surface area contributed by atoms with E-state index in [1.807, 2.05) is 6.92 Å².